The predicted octanol–water partition coefficient (Wildman–Crippen LogP) is 2.88. The summed E-state index contributed by atoms with van der Waals surface area (Å²) in [5.41, 5.74) is 6.07. The standard InChI is InChI=1S/C13H19ClN2O2S/c1-2-3-8-16(11-5-6-11)19(17,18)13-7-4-10(15)9-12(13)14/h4,7,9,11H,2-3,5-6,8,15H2,1H3. The molecule has 0 radical (unpaired) electrons. The molecular formula is C13H19ClN2O2S. The monoisotopic (exact) mass is 302 g/mol. The molecule has 0 saturated heterocycles. The van der Waals surface area contributed by atoms with Crippen LogP contribution in [0.4, 0.5) is 5.69 Å². The number of sulfonamides is 1. The van der Waals surface area contributed by atoms with Crippen molar-refractivity contribution in [2.24, 2.45) is 0 Å². The van der Waals surface area contributed by atoms with Crippen LogP contribution in [0.15, 0.2) is 23.1 Å². The molecule has 0 aromatic heterocycles. The number of benzene rings is 1. The molecule has 1 aromatic carbocycles. The first-order valence-corrected chi connectivity index (χ1v) is 8.35. The number of hydrogen-bond donors (Lipinski definition) is 1. The molecule has 0 heterocycles. The highest BCUT2D eigenvalue weighted by atomic mass is 35.5. The SMILES string of the molecule is CCCCN(C1CC1)S(=O)(=O)c1ccc(N)cc1Cl. The fourth-order valence-electron chi connectivity index (χ4n) is 2.03. The molecule has 1 aliphatic carbocycles. The van der Waals surface area contributed by atoms with Crippen LogP contribution in [-0.2, 0) is 10.0 Å². The van der Waals surface area contributed by atoms with Crippen molar-refractivity contribution in [3.63, 3.8) is 0 Å². The van der Waals surface area contributed by atoms with E-state index in [0.29, 0.717) is 12.2 Å². The van der Waals surface area contributed by atoms with E-state index in [-0.39, 0.29) is 16.0 Å². The summed E-state index contributed by atoms with van der Waals surface area (Å²) in [7, 11) is -3.51. The maximum atomic E-state index is 12.7. The second-order valence-electron chi connectivity index (χ2n) is 4.89. The zero-order valence-corrected chi connectivity index (χ0v) is 12.5. The van der Waals surface area contributed by atoms with Gasteiger partial charge in [-0.25, -0.2) is 8.42 Å². The van der Waals surface area contributed by atoms with Gasteiger partial charge in [0.05, 0.1) is 5.02 Å². The normalized spacial score (nSPS) is 15.9. The van der Waals surface area contributed by atoms with E-state index < -0.39 is 10.0 Å². The fraction of sp³-hybridized carbons (Fsp3) is 0.538. The van der Waals surface area contributed by atoms with E-state index >= 15 is 0 Å². The van der Waals surface area contributed by atoms with Crippen molar-refractivity contribution in [3.8, 4) is 0 Å². The van der Waals surface area contributed by atoms with Gasteiger partial charge in [0.1, 0.15) is 4.90 Å². The van der Waals surface area contributed by atoms with Gasteiger partial charge in [-0.2, -0.15) is 4.31 Å². The molecule has 106 valence electrons. The Morgan fingerprint density at radius 2 is 2.11 bits per heavy atom. The van der Waals surface area contributed by atoms with Crippen LogP contribution in [0.25, 0.3) is 0 Å². The van der Waals surface area contributed by atoms with E-state index in [9.17, 15) is 8.42 Å². The van der Waals surface area contributed by atoms with Crippen LogP contribution in [0.2, 0.25) is 5.02 Å². The third-order valence-corrected chi connectivity index (χ3v) is 5.66. The lowest BCUT2D eigenvalue weighted by Crippen LogP contribution is -2.34. The molecular weight excluding hydrogens is 284 g/mol. The summed E-state index contributed by atoms with van der Waals surface area (Å²) in [4.78, 5) is 0.159. The van der Waals surface area contributed by atoms with Crippen molar-refractivity contribution in [3.05, 3.63) is 23.2 Å². The average Bonchev–Trinajstić information content (AvgIpc) is 3.13. The highest BCUT2D eigenvalue weighted by Gasteiger charge is 2.38. The molecule has 0 unspecified atom stereocenters. The second-order valence-corrected chi connectivity index (χ2v) is 7.16. The minimum Gasteiger partial charge on any atom is -0.399 e. The number of nitrogens with zero attached hydrogens (tertiary/aromatic N) is 1. The molecule has 2 N–H and O–H groups in total. The molecule has 1 fully saturated rings. The van der Waals surface area contributed by atoms with Crippen LogP contribution in [0, 0.1) is 0 Å². The quantitative estimate of drug-likeness (QED) is 0.822. The first-order valence-electron chi connectivity index (χ1n) is 6.53. The lowest BCUT2D eigenvalue weighted by atomic mass is 10.3. The lowest BCUT2D eigenvalue weighted by molar-refractivity contribution is 0.396. The molecule has 0 aliphatic heterocycles. The van der Waals surface area contributed by atoms with Gasteiger partial charge in [0, 0.05) is 18.3 Å². The molecule has 0 amide bonds. The van der Waals surface area contributed by atoms with Gasteiger partial charge in [0.15, 0.2) is 0 Å². The molecule has 19 heavy (non-hydrogen) atoms. The number of halogens is 1. The Kier molecular flexibility index (Phi) is 4.38. The third kappa shape index (κ3) is 3.22. The molecule has 6 heteroatoms. The summed E-state index contributed by atoms with van der Waals surface area (Å²) in [6, 6.07) is 4.70. The molecule has 1 aliphatic rings. The van der Waals surface area contributed by atoms with E-state index in [1.54, 1.807) is 10.4 Å². The van der Waals surface area contributed by atoms with Gasteiger partial charge in [0.2, 0.25) is 10.0 Å². The molecule has 0 atom stereocenters. The number of rotatable bonds is 6. The van der Waals surface area contributed by atoms with Gasteiger partial charge in [0.25, 0.3) is 0 Å². The summed E-state index contributed by atoms with van der Waals surface area (Å²) >= 11 is 6.03. The highest BCUT2D eigenvalue weighted by molar-refractivity contribution is 7.89. The van der Waals surface area contributed by atoms with Crippen LogP contribution in [0.5, 0.6) is 0 Å². The summed E-state index contributed by atoms with van der Waals surface area (Å²) in [6.07, 6.45) is 3.71. The van der Waals surface area contributed by atoms with Crippen LogP contribution in [-0.4, -0.2) is 25.3 Å². The Balaban J connectivity index is 2.33. The van der Waals surface area contributed by atoms with Crippen LogP contribution >= 0.6 is 11.6 Å². The van der Waals surface area contributed by atoms with E-state index in [4.69, 9.17) is 17.3 Å². The van der Waals surface area contributed by atoms with E-state index in [0.717, 1.165) is 25.7 Å². The Bertz CT molecular complexity index is 556. The summed E-state index contributed by atoms with van der Waals surface area (Å²) < 4.78 is 26.9. The number of nitrogen functional groups attached to an aromatic ring is 1. The van der Waals surface area contributed by atoms with Crippen molar-refractivity contribution >= 4 is 27.3 Å². The Morgan fingerprint density at radius 1 is 1.42 bits per heavy atom. The smallest absolute Gasteiger partial charge is 0.244 e. The first-order chi connectivity index (χ1) is 8.96. The van der Waals surface area contributed by atoms with E-state index in [1.807, 2.05) is 6.92 Å². The molecule has 2 rings (SSSR count). The van der Waals surface area contributed by atoms with Crippen molar-refractivity contribution < 1.29 is 8.42 Å². The van der Waals surface area contributed by atoms with Crippen molar-refractivity contribution in [1.82, 2.24) is 4.31 Å². The largest absolute Gasteiger partial charge is 0.399 e. The van der Waals surface area contributed by atoms with Gasteiger partial charge in [-0.1, -0.05) is 24.9 Å². The van der Waals surface area contributed by atoms with Gasteiger partial charge in [-0.3, -0.25) is 0 Å². The zero-order chi connectivity index (χ0) is 14.0. The average molecular weight is 303 g/mol. The molecule has 0 bridgehead atoms. The number of anilines is 1. The maximum Gasteiger partial charge on any atom is 0.244 e. The topological polar surface area (TPSA) is 63.4 Å². The minimum atomic E-state index is -3.51. The maximum absolute atomic E-state index is 12.7. The summed E-state index contributed by atoms with van der Waals surface area (Å²) in [5.74, 6) is 0. The number of hydrogen-bond acceptors (Lipinski definition) is 3. The fourth-order valence-corrected chi connectivity index (χ4v) is 4.28. The zero-order valence-electron chi connectivity index (χ0n) is 11.0. The van der Waals surface area contributed by atoms with Crippen molar-refractivity contribution in [1.29, 1.82) is 0 Å². The van der Waals surface area contributed by atoms with E-state index in [1.165, 1.54) is 12.1 Å². The molecule has 1 aromatic rings. The van der Waals surface area contributed by atoms with Gasteiger partial charge >= 0.3 is 0 Å². The molecule has 4 nitrogen and oxygen atoms in total. The minimum absolute atomic E-state index is 0.144. The van der Waals surface area contributed by atoms with Crippen molar-refractivity contribution in [2.75, 3.05) is 12.3 Å². The van der Waals surface area contributed by atoms with Crippen LogP contribution < -0.4 is 5.73 Å². The second kappa shape index (κ2) is 5.69. The first kappa shape index (κ1) is 14.6. The Morgan fingerprint density at radius 3 is 2.63 bits per heavy atom. The van der Waals surface area contributed by atoms with E-state index in [2.05, 4.69) is 0 Å². The number of nitrogens with two attached hydrogens (primary N) is 1. The van der Waals surface area contributed by atoms with Crippen LogP contribution in [0.1, 0.15) is 32.6 Å². The molecule has 0 spiro atoms. The summed E-state index contributed by atoms with van der Waals surface area (Å²) in [6.45, 7) is 2.61. The Hall–Kier alpha value is -0.780. The van der Waals surface area contributed by atoms with Crippen molar-refractivity contribution in [2.45, 2.75) is 43.5 Å². The third-order valence-electron chi connectivity index (χ3n) is 3.23. The summed E-state index contributed by atoms with van der Waals surface area (Å²) in [5, 5.41) is 0.196. The Labute approximate surface area is 119 Å². The number of unbranched alkanes of at least 4 members (excludes halogenated alkanes) is 1. The highest BCUT2D eigenvalue weighted by Crippen LogP contribution is 2.34. The van der Waals surface area contributed by atoms with Gasteiger partial charge in [-0.05, 0) is 37.5 Å². The molecule has 1 saturated carbocycles. The van der Waals surface area contributed by atoms with Crippen LogP contribution in [0.3, 0.4) is 0 Å². The van der Waals surface area contributed by atoms with Gasteiger partial charge < -0.3 is 5.73 Å². The predicted molar refractivity (Wildman–Crippen MR) is 77.7 cm³/mol. The lowest BCUT2D eigenvalue weighted by Gasteiger charge is -2.22. The van der Waals surface area contributed by atoms with Gasteiger partial charge in [-0.15, -0.1) is 0 Å².